The van der Waals surface area contributed by atoms with Crippen molar-refractivity contribution in [1.82, 2.24) is 9.80 Å². The zero-order valence-corrected chi connectivity index (χ0v) is 12.0. The number of nitrogens with zero attached hydrogens (tertiary/aromatic N) is 3. The fourth-order valence-electron chi connectivity index (χ4n) is 2.30. The molecule has 0 aliphatic carbocycles. The van der Waals surface area contributed by atoms with Crippen LogP contribution in [0.25, 0.3) is 0 Å². The van der Waals surface area contributed by atoms with Crippen LogP contribution in [-0.2, 0) is 6.18 Å². The number of anilines is 1. The van der Waals surface area contributed by atoms with Crippen LogP contribution in [0.2, 0.25) is 0 Å². The topological polar surface area (TPSA) is 26.8 Å². The second-order valence-electron chi connectivity index (χ2n) is 5.20. The molecule has 0 unspecified atom stereocenters. The number of piperazine rings is 1. The smallest absolute Gasteiger partial charge is 0.368 e. The van der Waals surface area contributed by atoms with Crippen molar-refractivity contribution < 1.29 is 18.0 Å². The Morgan fingerprint density at radius 3 is 2.00 bits per heavy atom. The number of amides is 2. The molecule has 0 bridgehead atoms. The van der Waals surface area contributed by atoms with Gasteiger partial charge in [-0.3, -0.25) is 0 Å². The minimum Gasteiger partial charge on any atom is -0.368 e. The van der Waals surface area contributed by atoms with E-state index < -0.39 is 11.7 Å². The lowest BCUT2D eigenvalue weighted by Gasteiger charge is -2.37. The van der Waals surface area contributed by atoms with Crippen LogP contribution in [0.15, 0.2) is 24.3 Å². The van der Waals surface area contributed by atoms with Gasteiger partial charge in [-0.2, -0.15) is 13.2 Å². The maximum atomic E-state index is 12.5. The van der Waals surface area contributed by atoms with E-state index in [9.17, 15) is 18.0 Å². The van der Waals surface area contributed by atoms with E-state index in [4.69, 9.17) is 0 Å². The maximum absolute atomic E-state index is 12.5. The van der Waals surface area contributed by atoms with Gasteiger partial charge in [0.05, 0.1) is 5.56 Å². The Morgan fingerprint density at radius 1 is 1.05 bits per heavy atom. The number of halogens is 3. The molecule has 21 heavy (non-hydrogen) atoms. The first-order chi connectivity index (χ1) is 9.79. The molecular formula is C14H18F3N3O. The number of carbonyl (C=O) groups is 1. The van der Waals surface area contributed by atoms with E-state index >= 15 is 0 Å². The molecule has 7 heteroatoms. The third-order valence-corrected chi connectivity index (χ3v) is 3.49. The number of carbonyl (C=O) groups excluding carboxylic acids is 1. The van der Waals surface area contributed by atoms with Crippen LogP contribution in [0.1, 0.15) is 5.56 Å². The number of alkyl halides is 3. The van der Waals surface area contributed by atoms with Crippen molar-refractivity contribution >= 4 is 11.7 Å². The molecule has 2 amide bonds. The average molecular weight is 301 g/mol. The van der Waals surface area contributed by atoms with E-state index in [0.29, 0.717) is 26.2 Å². The minimum atomic E-state index is -4.31. The number of hydrogen-bond acceptors (Lipinski definition) is 2. The van der Waals surface area contributed by atoms with Crippen molar-refractivity contribution in [2.24, 2.45) is 0 Å². The fourth-order valence-corrected chi connectivity index (χ4v) is 2.30. The molecule has 1 aromatic rings. The van der Waals surface area contributed by atoms with E-state index in [1.165, 1.54) is 17.0 Å². The zero-order valence-electron chi connectivity index (χ0n) is 12.0. The van der Waals surface area contributed by atoms with E-state index in [1.807, 2.05) is 4.90 Å². The molecule has 4 nitrogen and oxygen atoms in total. The summed E-state index contributed by atoms with van der Waals surface area (Å²) in [6.45, 7) is 2.37. The van der Waals surface area contributed by atoms with Crippen LogP contribution in [0.4, 0.5) is 23.7 Å². The van der Waals surface area contributed by atoms with Gasteiger partial charge in [0.1, 0.15) is 0 Å². The fraction of sp³-hybridized carbons (Fsp3) is 0.500. The highest BCUT2D eigenvalue weighted by molar-refractivity contribution is 5.74. The molecular weight excluding hydrogens is 283 g/mol. The van der Waals surface area contributed by atoms with Crippen LogP contribution >= 0.6 is 0 Å². The van der Waals surface area contributed by atoms with E-state index in [1.54, 1.807) is 19.0 Å². The minimum absolute atomic E-state index is 0.0398. The normalized spacial score (nSPS) is 16.0. The third kappa shape index (κ3) is 3.59. The van der Waals surface area contributed by atoms with E-state index in [0.717, 1.165) is 17.8 Å². The second-order valence-corrected chi connectivity index (χ2v) is 5.20. The van der Waals surface area contributed by atoms with Crippen molar-refractivity contribution in [2.75, 3.05) is 45.2 Å². The van der Waals surface area contributed by atoms with Gasteiger partial charge in [0.2, 0.25) is 0 Å². The quantitative estimate of drug-likeness (QED) is 0.797. The number of benzene rings is 1. The summed E-state index contributed by atoms with van der Waals surface area (Å²) < 4.78 is 37.5. The Hall–Kier alpha value is -1.92. The lowest BCUT2D eigenvalue weighted by atomic mass is 10.1. The highest BCUT2D eigenvalue weighted by Gasteiger charge is 2.30. The monoisotopic (exact) mass is 301 g/mol. The molecule has 0 N–H and O–H groups in total. The van der Waals surface area contributed by atoms with Gasteiger partial charge in [0, 0.05) is 46.0 Å². The molecule has 1 heterocycles. The van der Waals surface area contributed by atoms with Crippen molar-refractivity contribution in [2.45, 2.75) is 6.18 Å². The Bertz CT molecular complexity index is 491. The van der Waals surface area contributed by atoms with Crippen LogP contribution in [0.3, 0.4) is 0 Å². The third-order valence-electron chi connectivity index (χ3n) is 3.49. The van der Waals surface area contributed by atoms with Gasteiger partial charge < -0.3 is 14.7 Å². The van der Waals surface area contributed by atoms with Crippen molar-refractivity contribution in [3.05, 3.63) is 29.8 Å². The maximum Gasteiger partial charge on any atom is 0.416 e. The molecule has 0 radical (unpaired) electrons. The summed E-state index contributed by atoms with van der Waals surface area (Å²) in [5, 5.41) is 0. The number of rotatable bonds is 1. The Balaban J connectivity index is 1.98. The molecule has 2 rings (SSSR count). The lowest BCUT2D eigenvalue weighted by Crippen LogP contribution is -2.51. The average Bonchev–Trinajstić information content (AvgIpc) is 2.46. The summed E-state index contributed by atoms with van der Waals surface area (Å²) in [6.07, 6.45) is -4.31. The van der Waals surface area contributed by atoms with Gasteiger partial charge in [-0.05, 0) is 24.3 Å². The zero-order chi connectivity index (χ0) is 15.6. The van der Waals surface area contributed by atoms with Crippen LogP contribution < -0.4 is 4.90 Å². The molecule has 0 atom stereocenters. The molecule has 116 valence electrons. The van der Waals surface area contributed by atoms with Crippen LogP contribution in [-0.4, -0.2) is 56.1 Å². The number of urea groups is 1. The molecule has 1 aromatic carbocycles. The molecule has 1 fully saturated rings. The van der Waals surface area contributed by atoms with Crippen molar-refractivity contribution in [3.63, 3.8) is 0 Å². The van der Waals surface area contributed by atoms with Crippen molar-refractivity contribution in [1.29, 1.82) is 0 Å². The Labute approximate surface area is 121 Å². The highest BCUT2D eigenvalue weighted by Crippen LogP contribution is 2.30. The predicted molar refractivity (Wildman–Crippen MR) is 74.3 cm³/mol. The second kappa shape index (κ2) is 5.83. The van der Waals surface area contributed by atoms with Gasteiger partial charge in [0.25, 0.3) is 0 Å². The summed E-state index contributed by atoms with van der Waals surface area (Å²) in [7, 11) is 3.40. The van der Waals surface area contributed by atoms with Crippen molar-refractivity contribution in [3.8, 4) is 0 Å². The highest BCUT2D eigenvalue weighted by atomic mass is 19.4. The summed E-state index contributed by atoms with van der Waals surface area (Å²) in [5.74, 6) is 0. The SMILES string of the molecule is CN(C)C(=O)N1CCN(c2ccc(C(F)(F)F)cc2)CC1. The molecule has 0 saturated carbocycles. The van der Waals surface area contributed by atoms with Gasteiger partial charge >= 0.3 is 12.2 Å². The first-order valence-electron chi connectivity index (χ1n) is 6.67. The molecule has 1 aliphatic heterocycles. The summed E-state index contributed by atoms with van der Waals surface area (Å²) in [6, 6.07) is 5.10. The van der Waals surface area contributed by atoms with E-state index in [-0.39, 0.29) is 6.03 Å². The predicted octanol–water partition coefficient (Wildman–Crippen LogP) is 2.51. The standard InChI is InChI=1S/C14H18F3N3O/c1-18(2)13(21)20-9-7-19(8-10-20)12-5-3-11(4-6-12)14(15,16)17/h3-6H,7-10H2,1-2H3. The van der Waals surface area contributed by atoms with Gasteiger partial charge in [-0.15, -0.1) is 0 Å². The Morgan fingerprint density at radius 2 is 1.57 bits per heavy atom. The first kappa shape index (κ1) is 15.5. The largest absolute Gasteiger partial charge is 0.416 e. The Kier molecular flexibility index (Phi) is 4.29. The van der Waals surface area contributed by atoms with Crippen LogP contribution in [0.5, 0.6) is 0 Å². The summed E-state index contributed by atoms with van der Waals surface area (Å²) >= 11 is 0. The lowest BCUT2D eigenvalue weighted by molar-refractivity contribution is -0.137. The van der Waals surface area contributed by atoms with Gasteiger partial charge in [-0.25, -0.2) is 4.79 Å². The van der Waals surface area contributed by atoms with Gasteiger partial charge in [0.15, 0.2) is 0 Å². The summed E-state index contributed by atoms with van der Waals surface area (Å²) in [4.78, 5) is 17.0. The molecule has 0 spiro atoms. The molecule has 1 saturated heterocycles. The summed E-state index contributed by atoms with van der Waals surface area (Å²) in [5.41, 5.74) is 0.104. The number of hydrogen-bond donors (Lipinski definition) is 0. The molecule has 1 aliphatic rings. The molecule has 0 aromatic heterocycles. The van der Waals surface area contributed by atoms with E-state index in [2.05, 4.69) is 0 Å². The van der Waals surface area contributed by atoms with Crippen LogP contribution in [0, 0.1) is 0 Å². The van der Waals surface area contributed by atoms with Gasteiger partial charge in [-0.1, -0.05) is 0 Å². The first-order valence-corrected chi connectivity index (χ1v) is 6.67.